The van der Waals surface area contributed by atoms with Gasteiger partial charge in [-0.3, -0.25) is 40.0 Å². The molecule has 0 unspecified atom stereocenters. The second kappa shape index (κ2) is 9.14. The van der Waals surface area contributed by atoms with Gasteiger partial charge in [0.1, 0.15) is 11.6 Å². The van der Waals surface area contributed by atoms with E-state index < -0.39 is 45.5 Å². The van der Waals surface area contributed by atoms with Gasteiger partial charge in [-0.05, 0) is 18.3 Å². The zero-order chi connectivity index (χ0) is 24.3. The average molecular weight is 475 g/mol. The molecule has 170 valence electrons. The second-order valence-corrected chi connectivity index (χ2v) is 6.57. The molecule has 2 aromatic heterocycles. The molecule has 0 aliphatic heterocycles. The first-order valence-electron chi connectivity index (χ1n) is 8.70. The molecule has 1 atom stereocenters. The van der Waals surface area contributed by atoms with E-state index in [1.807, 2.05) is 0 Å². The zero-order valence-electron chi connectivity index (χ0n) is 16.4. The smallest absolute Gasteiger partial charge is 0.355 e. The van der Waals surface area contributed by atoms with Crippen LogP contribution in [-0.2, 0) is 19.1 Å². The number of aromatic nitrogens is 5. The number of carbonyl (C=O) groups is 3. The van der Waals surface area contributed by atoms with Crippen LogP contribution in [0.1, 0.15) is 11.6 Å². The van der Waals surface area contributed by atoms with Crippen molar-refractivity contribution in [3.63, 3.8) is 0 Å². The Morgan fingerprint density at radius 2 is 2.03 bits per heavy atom. The molecule has 33 heavy (non-hydrogen) atoms. The molecular formula is C16H13N9O7S. The molecule has 2 heterocycles. The number of nitro groups is 1. The fraction of sp³-hybridized carbons (Fsp3) is 0.125. The number of nitrogens with zero attached hydrogens (tertiary/aromatic N) is 4. The molecule has 0 saturated heterocycles. The molecule has 0 bridgehead atoms. The number of H-pyrrole nitrogens is 3. The predicted octanol–water partition coefficient (Wildman–Crippen LogP) is -0.609. The number of nitrogens with two attached hydrogens (primary N) is 1. The summed E-state index contributed by atoms with van der Waals surface area (Å²) >= 11 is 4.75. The van der Waals surface area contributed by atoms with Crippen LogP contribution in [0, 0.1) is 14.9 Å². The van der Waals surface area contributed by atoms with Crippen LogP contribution in [0.25, 0.3) is 11.0 Å². The maximum absolute atomic E-state index is 13.0. The summed E-state index contributed by atoms with van der Waals surface area (Å²) in [6.07, 6.45) is 0. The third-order valence-corrected chi connectivity index (χ3v) is 4.41. The number of ketones is 1. The van der Waals surface area contributed by atoms with Crippen molar-refractivity contribution < 1.29 is 24.0 Å². The monoisotopic (exact) mass is 475 g/mol. The highest BCUT2D eigenvalue weighted by Crippen LogP contribution is 2.21. The minimum absolute atomic E-state index is 0.0187. The van der Waals surface area contributed by atoms with E-state index in [1.54, 1.807) is 0 Å². The van der Waals surface area contributed by atoms with Crippen molar-refractivity contribution in [2.45, 2.75) is 5.92 Å². The number of non-ortho nitro benzene ring substituents is 1. The van der Waals surface area contributed by atoms with Gasteiger partial charge in [-0.25, -0.2) is 9.78 Å². The molecule has 0 aliphatic rings. The maximum Gasteiger partial charge on any atom is 0.355 e. The minimum Gasteiger partial charge on any atom is -0.464 e. The Labute approximate surface area is 186 Å². The SMILES string of the molecule is COC(=O)/C(=N\N)[C@@H](C(=O)C(=O)Nc1nc(=S)[nH][nH]1)c1nc2ccc([N+](=O)[O-])cc2[nH]c1=O. The molecule has 6 N–H and O–H groups in total. The molecule has 0 aliphatic carbocycles. The fourth-order valence-electron chi connectivity index (χ4n) is 2.75. The molecular weight excluding hydrogens is 462 g/mol. The van der Waals surface area contributed by atoms with Gasteiger partial charge in [0.2, 0.25) is 16.5 Å². The van der Waals surface area contributed by atoms with E-state index in [9.17, 15) is 29.3 Å². The Hall–Kier alpha value is -4.80. The number of hydrogen-bond acceptors (Lipinski definition) is 12. The van der Waals surface area contributed by atoms with E-state index in [-0.39, 0.29) is 27.4 Å². The number of carbonyl (C=O) groups excluding carboxylic acids is 3. The number of hydrogen-bond donors (Lipinski definition) is 5. The topological polar surface area (TPSA) is 244 Å². The Balaban J connectivity index is 2.13. The number of rotatable bonds is 7. The van der Waals surface area contributed by atoms with Crippen molar-refractivity contribution in [1.82, 2.24) is 25.1 Å². The molecule has 16 nitrogen and oxygen atoms in total. The summed E-state index contributed by atoms with van der Waals surface area (Å²) in [4.78, 5) is 70.7. The molecule has 3 aromatic rings. The van der Waals surface area contributed by atoms with E-state index in [0.717, 1.165) is 19.2 Å². The van der Waals surface area contributed by atoms with Crippen LogP contribution in [0.4, 0.5) is 11.6 Å². The molecule has 3 rings (SSSR count). The van der Waals surface area contributed by atoms with Crippen LogP contribution < -0.4 is 16.7 Å². The van der Waals surface area contributed by atoms with Gasteiger partial charge in [-0.2, -0.15) is 10.1 Å². The van der Waals surface area contributed by atoms with Crippen LogP contribution in [0.15, 0.2) is 28.1 Å². The van der Waals surface area contributed by atoms with Gasteiger partial charge in [-0.15, -0.1) is 0 Å². The summed E-state index contributed by atoms with van der Waals surface area (Å²) in [6.45, 7) is 0. The number of nitrogens with one attached hydrogen (secondary N) is 4. The average Bonchev–Trinajstić information content (AvgIpc) is 3.20. The number of fused-ring (bicyclic) bond motifs is 1. The van der Waals surface area contributed by atoms with E-state index in [0.29, 0.717) is 0 Å². The lowest BCUT2D eigenvalue weighted by atomic mass is 9.93. The van der Waals surface area contributed by atoms with Gasteiger partial charge >= 0.3 is 5.97 Å². The van der Waals surface area contributed by atoms with E-state index >= 15 is 0 Å². The van der Waals surface area contributed by atoms with Gasteiger partial charge in [0.05, 0.1) is 23.1 Å². The van der Waals surface area contributed by atoms with Crippen LogP contribution in [0.5, 0.6) is 0 Å². The quantitative estimate of drug-likeness (QED) is 0.0548. The van der Waals surface area contributed by atoms with Gasteiger partial charge in [0.15, 0.2) is 5.71 Å². The lowest BCUT2D eigenvalue weighted by Crippen LogP contribution is -2.40. The number of methoxy groups -OCH3 is 1. The number of ether oxygens (including phenoxy) is 1. The number of amides is 1. The third kappa shape index (κ3) is 4.61. The van der Waals surface area contributed by atoms with Crippen molar-refractivity contribution in [3.05, 3.63) is 49.1 Å². The highest BCUT2D eigenvalue weighted by molar-refractivity contribution is 7.71. The Morgan fingerprint density at radius 3 is 2.61 bits per heavy atom. The van der Waals surface area contributed by atoms with E-state index in [2.05, 4.69) is 40.3 Å². The summed E-state index contributed by atoms with van der Waals surface area (Å²) in [5.74, 6) is -0.813. The normalized spacial score (nSPS) is 12.2. The highest BCUT2D eigenvalue weighted by atomic mass is 32.1. The molecule has 0 radical (unpaired) electrons. The first-order chi connectivity index (χ1) is 15.7. The van der Waals surface area contributed by atoms with Crippen LogP contribution in [0.3, 0.4) is 0 Å². The molecule has 17 heteroatoms. The van der Waals surface area contributed by atoms with Gasteiger partial charge in [0, 0.05) is 12.1 Å². The van der Waals surface area contributed by atoms with Gasteiger partial charge < -0.3 is 15.6 Å². The van der Waals surface area contributed by atoms with Crippen LogP contribution >= 0.6 is 12.2 Å². The van der Waals surface area contributed by atoms with E-state index in [1.165, 1.54) is 6.07 Å². The first-order valence-corrected chi connectivity index (χ1v) is 9.11. The van der Waals surface area contributed by atoms with Gasteiger partial charge in [-0.1, -0.05) is 0 Å². The second-order valence-electron chi connectivity index (χ2n) is 6.18. The first kappa shape index (κ1) is 22.9. The summed E-state index contributed by atoms with van der Waals surface area (Å²) in [6, 6.07) is 3.36. The predicted molar refractivity (Wildman–Crippen MR) is 113 cm³/mol. The Morgan fingerprint density at radius 1 is 1.30 bits per heavy atom. The van der Waals surface area contributed by atoms with Crippen molar-refractivity contribution in [3.8, 4) is 0 Å². The Kier molecular flexibility index (Phi) is 6.34. The summed E-state index contributed by atoms with van der Waals surface area (Å²) in [7, 11) is 0.968. The lowest BCUT2D eigenvalue weighted by molar-refractivity contribution is -0.384. The van der Waals surface area contributed by atoms with Crippen molar-refractivity contribution >= 4 is 58.3 Å². The van der Waals surface area contributed by atoms with Gasteiger partial charge in [0.25, 0.3) is 17.2 Å². The molecule has 1 aromatic carbocycles. The number of esters is 1. The van der Waals surface area contributed by atoms with Crippen LogP contribution in [0.2, 0.25) is 0 Å². The number of hydrazone groups is 1. The van der Waals surface area contributed by atoms with Crippen molar-refractivity contribution in [2.75, 3.05) is 12.4 Å². The largest absolute Gasteiger partial charge is 0.464 e. The number of anilines is 1. The Bertz CT molecular complexity index is 1440. The summed E-state index contributed by atoms with van der Waals surface area (Å²) in [5.41, 5.74) is -2.77. The molecule has 1 amide bonds. The summed E-state index contributed by atoms with van der Waals surface area (Å²) in [5, 5.41) is 21.1. The standard InChI is InChI=1S/C16H13N9O7S/c1-32-14(29)10(22-17)8(11(26)13(28)20-15-21-16(33)24-23-15)9-12(27)19-7-4-5(25(30)31)2-3-6(7)18-9/h2-4,8H,17H2,1H3,(H,19,27)(H3,20,21,23,24,28,33)/b22-10-/t8-/m0/s1. The number of benzene rings is 1. The maximum atomic E-state index is 13.0. The van der Waals surface area contributed by atoms with E-state index in [4.69, 9.17) is 18.1 Å². The molecule has 0 spiro atoms. The summed E-state index contributed by atoms with van der Waals surface area (Å²) < 4.78 is 4.52. The van der Waals surface area contributed by atoms with Crippen LogP contribution in [-0.4, -0.2) is 60.6 Å². The molecule has 0 fully saturated rings. The number of Topliss-reactive ketones (excluding diaryl/α,β-unsaturated/α-hetero) is 1. The molecule has 0 saturated carbocycles. The zero-order valence-corrected chi connectivity index (χ0v) is 17.3. The fourth-order valence-corrected chi connectivity index (χ4v) is 2.90. The number of aromatic amines is 3. The minimum atomic E-state index is -1.98. The van der Waals surface area contributed by atoms with Crippen molar-refractivity contribution in [2.24, 2.45) is 10.9 Å². The van der Waals surface area contributed by atoms with Crippen molar-refractivity contribution in [1.29, 1.82) is 0 Å². The third-order valence-electron chi connectivity index (χ3n) is 4.21. The lowest BCUT2D eigenvalue weighted by Gasteiger charge is -2.15. The highest BCUT2D eigenvalue weighted by Gasteiger charge is 2.39. The number of nitro benzene ring substituents is 1.